The maximum atomic E-state index is 9.27. The standard InChI is InChI=1S/C16H4N8/c1-19-9(7-17)11-13-15(23-5-3-21-13)12(10(8-18)20-2)16-14(11)22-4-6-24-16/h3-6H. The van der Waals surface area contributed by atoms with Gasteiger partial charge in [0.25, 0.3) is 11.4 Å². The molecule has 8 heteroatoms. The van der Waals surface area contributed by atoms with Crippen molar-refractivity contribution in [1.82, 2.24) is 19.9 Å². The van der Waals surface area contributed by atoms with Gasteiger partial charge >= 0.3 is 0 Å². The Morgan fingerprint density at radius 1 is 0.708 bits per heavy atom. The molecule has 0 spiro atoms. The highest BCUT2D eigenvalue weighted by Gasteiger charge is 2.15. The second-order valence-electron chi connectivity index (χ2n) is 4.40. The molecule has 24 heavy (non-hydrogen) atoms. The molecule has 0 aliphatic heterocycles. The third-order valence-corrected chi connectivity index (χ3v) is 3.25. The van der Waals surface area contributed by atoms with Crippen LogP contribution in [0.15, 0.2) is 24.8 Å². The Kier molecular flexibility index (Phi) is 3.49. The number of nitriles is 2. The first kappa shape index (κ1) is 14.5. The van der Waals surface area contributed by atoms with Crippen molar-refractivity contribution in [2.45, 2.75) is 0 Å². The lowest BCUT2D eigenvalue weighted by Gasteiger charge is -2.05. The minimum Gasteiger partial charge on any atom is -0.254 e. The van der Waals surface area contributed by atoms with E-state index in [1.165, 1.54) is 24.8 Å². The van der Waals surface area contributed by atoms with Crippen LogP contribution in [0.1, 0.15) is 0 Å². The zero-order chi connectivity index (χ0) is 17.1. The highest BCUT2D eigenvalue weighted by Crippen LogP contribution is 2.10. The van der Waals surface area contributed by atoms with Crippen LogP contribution in [0.25, 0.3) is 43.2 Å². The lowest BCUT2D eigenvalue weighted by atomic mass is 10.1. The quantitative estimate of drug-likeness (QED) is 0.446. The van der Waals surface area contributed by atoms with E-state index in [2.05, 4.69) is 29.6 Å². The number of rotatable bonds is 0. The first-order chi connectivity index (χ1) is 11.8. The maximum absolute atomic E-state index is 9.27. The molecular weight excluding hydrogens is 304 g/mol. The van der Waals surface area contributed by atoms with Gasteiger partial charge in [-0.3, -0.25) is 19.9 Å². The zero-order valence-corrected chi connectivity index (χ0v) is 11.9. The number of nitrogens with zero attached hydrogens (tertiary/aromatic N) is 8. The molecule has 0 bridgehead atoms. The number of hydrogen-bond donors (Lipinski definition) is 0. The number of hydrogen-bond acceptors (Lipinski definition) is 6. The van der Waals surface area contributed by atoms with Crippen LogP contribution in [0.4, 0.5) is 0 Å². The SMILES string of the molecule is [C-]#[N+]C(C#N)=c1c2nccnc2c(=C(C#N)[N+]#[C-])c2nccnc12. The number of benzene rings is 1. The Hall–Kier alpha value is -4.40. The predicted molar refractivity (Wildman–Crippen MR) is 83.1 cm³/mol. The monoisotopic (exact) mass is 308 g/mol. The molecule has 0 radical (unpaired) electrons. The molecular formula is C16H4N8. The molecule has 0 fully saturated rings. The van der Waals surface area contributed by atoms with Gasteiger partial charge in [-0.2, -0.15) is 0 Å². The Bertz CT molecular complexity index is 1100. The summed E-state index contributed by atoms with van der Waals surface area (Å²) in [5.41, 5.74) is 0.487. The molecule has 3 aromatic rings. The van der Waals surface area contributed by atoms with Gasteiger partial charge in [-0.1, -0.05) is 0 Å². The largest absolute Gasteiger partial charge is 0.273 e. The van der Waals surface area contributed by atoms with Gasteiger partial charge in [0.15, 0.2) is 0 Å². The highest BCUT2D eigenvalue weighted by molar-refractivity contribution is 5.98. The average molecular weight is 308 g/mol. The van der Waals surface area contributed by atoms with Gasteiger partial charge in [0.05, 0.1) is 47.3 Å². The summed E-state index contributed by atoms with van der Waals surface area (Å²) in [6.07, 6.45) is 5.61. The summed E-state index contributed by atoms with van der Waals surface area (Å²) in [6.45, 7) is 14.4. The highest BCUT2D eigenvalue weighted by atomic mass is 14.8. The Labute approximate surface area is 134 Å². The molecule has 1 aromatic carbocycles. The van der Waals surface area contributed by atoms with E-state index >= 15 is 0 Å². The fourth-order valence-corrected chi connectivity index (χ4v) is 2.35. The van der Waals surface area contributed by atoms with E-state index < -0.39 is 0 Å². The second kappa shape index (κ2) is 5.77. The van der Waals surface area contributed by atoms with Gasteiger partial charge < -0.3 is 0 Å². The van der Waals surface area contributed by atoms with Crippen molar-refractivity contribution in [3.63, 3.8) is 0 Å². The first-order valence-corrected chi connectivity index (χ1v) is 6.44. The van der Waals surface area contributed by atoms with Crippen LogP contribution in [0.2, 0.25) is 0 Å². The minimum atomic E-state index is -0.209. The molecule has 0 saturated heterocycles. The van der Waals surface area contributed by atoms with Crippen LogP contribution in [0.5, 0.6) is 0 Å². The summed E-state index contributed by atoms with van der Waals surface area (Å²) < 4.78 is 0. The molecule has 0 atom stereocenters. The molecule has 0 aliphatic carbocycles. The third kappa shape index (κ3) is 1.97. The first-order valence-electron chi connectivity index (χ1n) is 6.44. The lowest BCUT2D eigenvalue weighted by Crippen LogP contribution is -2.21. The summed E-state index contributed by atoms with van der Waals surface area (Å²) in [5.74, 6) is 0. The van der Waals surface area contributed by atoms with Gasteiger partial charge in [-0.25, -0.2) is 20.2 Å². The van der Waals surface area contributed by atoms with E-state index in [4.69, 9.17) is 13.1 Å². The molecule has 0 saturated carbocycles. The molecule has 3 rings (SSSR count). The molecule has 0 aliphatic rings. The number of aromatic nitrogens is 4. The molecule has 2 heterocycles. The molecule has 108 valence electrons. The molecule has 2 aromatic heterocycles. The van der Waals surface area contributed by atoms with Crippen molar-refractivity contribution in [3.8, 4) is 12.1 Å². The molecule has 0 N–H and O–H groups in total. The Morgan fingerprint density at radius 3 is 1.21 bits per heavy atom. The van der Waals surface area contributed by atoms with E-state index in [1.807, 2.05) is 12.1 Å². The second-order valence-corrected chi connectivity index (χ2v) is 4.40. The maximum Gasteiger partial charge on any atom is 0.273 e. The predicted octanol–water partition coefficient (Wildman–Crippen LogP) is 0.675. The molecule has 8 nitrogen and oxygen atoms in total. The van der Waals surface area contributed by atoms with E-state index in [-0.39, 0.29) is 43.9 Å². The fourth-order valence-electron chi connectivity index (χ4n) is 2.35. The van der Waals surface area contributed by atoms with Crippen molar-refractivity contribution in [2.24, 2.45) is 0 Å². The van der Waals surface area contributed by atoms with Crippen molar-refractivity contribution in [2.75, 3.05) is 0 Å². The van der Waals surface area contributed by atoms with Gasteiger partial charge in [-0.05, 0) is 0 Å². The van der Waals surface area contributed by atoms with Crippen molar-refractivity contribution < 1.29 is 0 Å². The molecule has 0 amide bonds. The van der Waals surface area contributed by atoms with E-state index in [0.717, 1.165) is 0 Å². The van der Waals surface area contributed by atoms with E-state index in [9.17, 15) is 10.5 Å². The zero-order valence-electron chi connectivity index (χ0n) is 11.9. The van der Waals surface area contributed by atoms with Crippen LogP contribution >= 0.6 is 0 Å². The Balaban J connectivity index is 2.95. The van der Waals surface area contributed by atoms with Crippen molar-refractivity contribution in [3.05, 3.63) is 58.1 Å². The minimum absolute atomic E-state index is 0.199. The summed E-state index contributed by atoms with van der Waals surface area (Å²) >= 11 is 0. The van der Waals surface area contributed by atoms with Crippen LogP contribution in [-0.2, 0) is 0 Å². The summed E-state index contributed by atoms with van der Waals surface area (Å²) in [6, 6.07) is 3.65. The van der Waals surface area contributed by atoms with Gasteiger partial charge in [0.1, 0.15) is 0 Å². The summed E-state index contributed by atoms with van der Waals surface area (Å²) in [5, 5.41) is 18.9. The van der Waals surface area contributed by atoms with Crippen molar-refractivity contribution >= 4 is 33.5 Å². The van der Waals surface area contributed by atoms with E-state index in [1.54, 1.807) is 0 Å². The smallest absolute Gasteiger partial charge is 0.254 e. The van der Waals surface area contributed by atoms with Gasteiger partial charge in [0.2, 0.25) is 0 Å². The normalized spacial score (nSPS) is 9.50. The lowest BCUT2D eigenvalue weighted by molar-refractivity contribution is 1.24. The molecule has 0 unspecified atom stereocenters. The van der Waals surface area contributed by atoms with Gasteiger partial charge in [-0.15, -0.1) is 0 Å². The summed E-state index contributed by atoms with van der Waals surface area (Å²) in [4.78, 5) is 23.2. The number of fused-ring (bicyclic) bond motifs is 2. The fraction of sp³-hybridized carbons (Fsp3) is 0. The Morgan fingerprint density at radius 2 is 1.00 bits per heavy atom. The average Bonchev–Trinajstić information content (AvgIpc) is 2.64. The van der Waals surface area contributed by atoms with E-state index in [0.29, 0.717) is 0 Å². The topological polar surface area (TPSA) is 108 Å². The third-order valence-electron chi connectivity index (χ3n) is 3.25. The van der Waals surface area contributed by atoms with Crippen LogP contribution in [0, 0.1) is 35.8 Å². The van der Waals surface area contributed by atoms with Crippen LogP contribution < -0.4 is 10.4 Å². The van der Waals surface area contributed by atoms with Crippen LogP contribution in [-0.4, -0.2) is 19.9 Å². The van der Waals surface area contributed by atoms with Crippen molar-refractivity contribution in [1.29, 1.82) is 10.5 Å². The summed E-state index contributed by atoms with van der Waals surface area (Å²) in [7, 11) is 0. The van der Waals surface area contributed by atoms with Gasteiger partial charge in [0, 0.05) is 35.2 Å². The van der Waals surface area contributed by atoms with Crippen LogP contribution in [0.3, 0.4) is 0 Å².